The van der Waals surface area contributed by atoms with Crippen molar-refractivity contribution < 1.29 is 4.42 Å². The second-order valence-electron chi connectivity index (χ2n) is 5.07. The van der Waals surface area contributed by atoms with Crippen LogP contribution >= 0.6 is 0 Å². The fourth-order valence-corrected chi connectivity index (χ4v) is 2.58. The van der Waals surface area contributed by atoms with E-state index in [-0.39, 0.29) is 0 Å². The first-order valence-electron chi connectivity index (χ1n) is 6.85. The zero-order valence-corrected chi connectivity index (χ0v) is 11.1. The molecule has 3 rings (SSSR count). The van der Waals surface area contributed by atoms with E-state index in [0.29, 0.717) is 0 Å². The quantitative estimate of drug-likeness (QED) is 0.909. The second-order valence-corrected chi connectivity index (χ2v) is 5.07. The predicted octanol–water partition coefficient (Wildman–Crippen LogP) is 1.71. The van der Waals surface area contributed by atoms with Gasteiger partial charge in [0.05, 0.1) is 12.8 Å². The molecule has 1 N–H and O–H groups in total. The van der Waals surface area contributed by atoms with Gasteiger partial charge in [-0.3, -0.25) is 14.9 Å². The minimum absolute atomic E-state index is 0.922. The van der Waals surface area contributed by atoms with Gasteiger partial charge in [-0.1, -0.05) is 0 Å². The van der Waals surface area contributed by atoms with Crippen LogP contribution in [-0.4, -0.2) is 46.2 Å². The zero-order chi connectivity index (χ0) is 12.9. The Kier molecular flexibility index (Phi) is 3.95. The highest BCUT2D eigenvalue weighted by Crippen LogP contribution is 2.11. The summed E-state index contributed by atoms with van der Waals surface area (Å²) in [4.78, 5) is 4.95. The van der Waals surface area contributed by atoms with Gasteiger partial charge < -0.3 is 4.42 Å². The third-order valence-corrected chi connectivity index (χ3v) is 3.59. The fourth-order valence-electron chi connectivity index (χ4n) is 2.58. The van der Waals surface area contributed by atoms with E-state index in [9.17, 15) is 0 Å². The highest BCUT2D eigenvalue weighted by molar-refractivity contribution is 4.99. The summed E-state index contributed by atoms with van der Waals surface area (Å²) in [6.45, 7) is 6.36. The predicted molar refractivity (Wildman–Crippen MR) is 72.5 cm³/mol. The average molecular weight is 260 g/mol. The summed E-state index contributed by atoms with van der Waals surface area (Å²) in [7, 11) is 0. The van der Waals surface area contributed by atoms with E-state index in [0.717, 1.165) is 45.0 Å². The number of aromatic nitrogens is 2. The van der Waals surface area contributed by atoms with E-state index in [1.165, 1.54) is 12.1 Å². The van der Waals surface area contributed by atoms with Crippen molar-refractivity contribution in [3.8, 4) is 0 Å². The van der Waals surface area contributed by atoms with E-state index in [4.69, 9.17) is 4.42 Å². The number of H-pyrrole nitrogens is 1. The van der Waals surface area contributed by atoms with Crippen molar-refractivity contribution in [1.29, 1.82) is 0 Å². The van der Waals surface area contributed by atoms with Crippen LogP contribution in [-0.2, 0) is 13.1 Å². The first-order chi connectivity index (χ1) is 9.40. The number of furan rings is 1. The van der Waals surface area contributed by atoms with Gasteiger partial charge in [0.25, 0.3) is 0 Å². The van der Waals surface area contributed by atoms with E-state index in [2.05, 4.69) is 20.0 Å². The van der Waals surface area contributed by atoms with Crippen LogP contribution in [0.15, 0.2) is 35.1 Å². The number of nitrogens with zero attached hydrogens (tertiary/aromatic N) is 3. The molecule has 1 aliphatic rings. The van der Waals surface area contributed by atoms with E-state index in [1.807, 2.05) is 24.4 Å². The maximum absolute atomic E-state index is 5.42. The number of rotatable bonds is 4. The van der Waals surface area contributed by atoms with Crippen LogP contribution < -0.4 is 0 Å². The molecular weight excluding hydrogens is 240 g/mol. The molecule has 3 heterocycles. The smallest absolute Gasteiger partial charge is 0.117 e. The summed E-state index contributed by atoms with van der Waals surface area (Å²) in [6, 6.07) is 6.05. The van der Waals surface area contributed by atoms with Gasteiger partial charge in [-0.15, -0.1) is 0 Å². The molecule has 1 saturated heterocycles. The van der Waals surface area contributed by atoms with Gasteiger partial charge in [0.1, 0.15) is 5.76 Å². The minimum atomic E-state index is 0.922. The number of hydrogen-bond acceptors (Lipinski definition) is 4. The Morgan fingerprint density at radius 1 is 1.11 bits per heavy atom. The maximum Gasteiger partial charge on any atom is 0.117 e. The normalized spacial score (nSPS) is 18.5. The van der Waals surface area contributed by atoms with Crippen LogP contribution in [0.2, 0.25) is 0 Å². The molecule has 0 bridgehead atoms. The highest BCUT2D eigenvalue weighted by atomic mass is 16.3. The molecule has 0 saturated carbocycles. The van der Waals surface area contributed by atoms with Crippen LogP contribution in [0.25, 0.3) is 0 Å². The van der Waals surface area contributed by atoms with Gasteiger partial charge in [-0.2, -0.15) is 5.10 Å². The van der Waals surface area contributed by atoms with Gasteiger partial charge in [0.15, 0.2) is 0 Å². The maximum atomic E-state index is 5.42. The molecule has 0 atom stereocenters. The Bertz CT molecular complexity index is 421. The molecule has 0 amide bonds. The summed E-state index contributed by atoms with van der Waals surface area (Å²) in [5.74, 6) is 1.06. The van der Waals surface area contributed by atoms with Crippen molar-refractivity contribution in [2.24, 2.45) is 0 Å². The van der Waals surface area contributed by atoms with Crippen molar-refractivity contribution in [2.45, 2.75) is 19.5 Å². The number of nitrogens with one attached hydrogen (secondary N) is 1. The zero-order valence-electron chi connectivity index (χ0n) is 11.1. The molecule has 102 valence electrons. The molecule has 19 heavy (non-hydrogen) atoms. The molecular formula is C14H20N4O. The van der Waals surface area contributed by atoms with Crippen LogP contribution in [0, 0.1) is 0 Å². The Hall–Kier alpha value is -1.59. The topological polar surface area (TPSA) is 48.3 Å². The molecule has 1 fully saturated rings. The highest BCUT2D eigenvalue weighted by Gasteiger charge is 2.16. The lowest BCUT2D eigenvalue weighted by molar-refractivity contribution is 0.233. The van der Waals surface area contributed by atoms with E-state index < -0.39 is 0 Å². The molecule has 2 aromatic heterocycles. The summed E-state index contributed by atoms with van der Waals surface area (Å²) in [5.41, 5.74) is 1.19. The molecule has 0 spiro atoms. The van der Waals surface area contributed by atoms with E-state index in [1.54, 1.807) is 6.26 Å². The lowest BCUT2D eigenvalue weighted by Crippen LogP contribution is -2.30. The van der Waals surface area contributed by atoms with Gasteiger partial charge >= 0.3 is 0 Å². The standard InChI is InChI=1S/C14H20N4O/c1-3-14(19-10-1)12-18-7-2-6-17(8-9-18)11-13-4-5-15-16-13/h1,3-5,10H,2,6-9,11-12H2,(H,15,16). The number of aromatic amines is 1. The molecule has 0 radical (unpaired) electrons. The largest absolute Gasteiger partial charge is 0.468 e. The average Bonchev–Trinajstić information content (AvgIpc) is 3.04. The first kappa shape index (κ1) is 12.4. The summed E-state index contributed by atoms with van der Waals surface area (Å²) in [5, 5.41) is 7.03. The third-order valence-electron chi connectivity index (χ3n) is 3.59. The van der Waals surface area contributed by atoms with Crippen molar-refractivity contribution >= 4 is 0 Å². The lowest BCUT2D eigenvalue weighted by atomic mass is 10.3. The summed E-state index contributed by atoms with van der Waals surface area (Å²) < 4.78 is 5.42. The Labute approximate surface area is 113 Å². The van der Waals surface area contributed by atoms with Crippen molar-refractivity contribution in [3.05, 3.63) is 42.1 Å². The van der Waals surface area contributed by atoms with Crippen LogP contribution in [0.4, 0.5) is 0 Å². The monoisotopic (exact) mass is 260 g/mol. The molecule has 5 heteroatoms. The molecule has 0 aliphatic carbocycles. The molecule has 2 aromatic rings. The lowest BCUT2D eigenvalue weighted by Gasteiger charge is -2.20. The van der Waals surface area contributed by atoms with Crippen LogP contribution in [0.1, 0.15) is 17.9 Å². The van der Waals surface area contributed by atoms with Gasteiger partial charge in [0.2, 0.25) is 0 Å². The van der Waals surface area contributed by atoms with Crippen molar-refractivity contribution in [2.75, 3.05) is 26.2 Å². The minimum Gasteiger partial charge on any atom is -0.468 e. The Morgan fingerprint density at radius 3 is 2.63 bits per heavy atom. The molecule has 5 nitrogen and oxygen atoms in total. The summed E-state index contributed by atoms with van der Waals surface area (Å²) in [6.07, 6.45) is 4.77. The van der Waals surface area contributed by atoms with Crippen LogP contribution in [0.5, 0.6) is 0 Å². The van der Waals surface area contributed by atoms with Crippen LogP contribution in [0.3, 0.4) is 0 Å². The third kappa shape index (κ3) is 3.45. The second kappa shape index (κ2) is 6.04. The van der Waals surface area contributed by atoms with Gasteiger partial charge in [0, 0.05) is 31.5 Å². The van der Waals surface area contributed by atoms with Crippen molar-refractivity contribution in [3.63, 3.8) is 0 Å². The summed E-state index contributed by atoms with van der Waals surface area (Å²) >= 11 is 0. The Balaban J connectivity index is 1.51. The van der Waals surface area contributed by atoms with E-state index >= 15 is 0 Å². The molecule has 0 unspecified atom stereocenters. The molecule has 0 aromatic carbocycles. The number of hydrogen-bond donors (Lipinski definition) is 1. The SMILES string of the molecule is c1coc(CN2CCCN(Cc3ccn[nH]3)CC2)c1. The van der Waals surface area contributed by atoms with Crippen molar-refractivity contribution in [1.82, 2.24) is 20.0 Å². The molecule has 1 aliphatic heterocycles. The Morgan fingerprint density at radius 2 is 1.95 bits per heavy atom. The fraction of sp³-hybridized carbons (Fsp3) is 0.500. The van der Waals surface area contributed by atoms with Gasteiger partial charge in [-0.25, -0.2) is 0 Å². The first-order valence-corrected chi connectivity index (χ1v) is 6.85. The van der Waals surface area contributed by atoms with Gasteiger partial charge in [-0.05, 0) is 37.7 Å².